The summed E-state index contributed by atoms with van der Waals surface area (Å²) in [5, 5.41) is 0. The molecule has 3 aliphatic heterocycles. The third-order valence-electron chi connectivity index (χ3n) is 7.02. The van der Waals surface area contributed by atoms with Crippen molar-refractivity contribution >= 4 is 17.5 Å². The van der Waals surface area contributed by atoms with Crippen LogP contribution in [0.1, 0.15) is 59.8 Å². The largest absolute Gasteiger partial charge is 0.490 e. The SMILES string of the molecule is CCc1ccc(C2C(C(=O)c3ccc4c(c3)CC(C)O4)C(=O)C(=O)N2CC2CCCO2)cc1. The lowest BCUT2D eigenvalue weighted by atomic mass is 9.85. The van der Waals surface area contributed by atoms with E-state index < -0.39 is 23.7 Å². The van der Waals surface area contributed by atoms with Crippen LogP contribution in [0.3, 0.4) is 0 Å². The van der Waals surface area contributed by atoms with E-state index in [1.165, 1.54) is 0 Å². The van der Waals surface area contributed by atoms with E-state index in [1.54, 1.807) is 17.0 Å². The first-order valence-electron chi connectivity index (χ1n) is 11.8. The van der Waals surface area contributed by atoms with Gasteiger partial charge in [0.2, 0.25) is 5.78 Å². The molecule has 0 N–H and O–H groups in total. The summed E-state index contributed by atoms with van der Waals surface area (Å²) in [6, 6.07) is 12.6. The summed E-state index contributed by atoms with van der Waals surface area (Å²) in [5.74, 6) is -1.82. The van der Waals surface area contributed by atoms with E-state index >= 15 is 0 Å². The van der Waals surface area contributed by atoms with E-state index in [0.29, 0.717) is 18.7 Å². The minimum Gasteiger partial charge on any atom is -0.490 e. The molecule has 0 radical (unpaired) electrons. The number of rotatable bonds is 6. The maximum absolute atomic E-state index is 13.7. The number of nitrogens with zero attached hydrogens (tertiary/aromatic N) is 1. The monoisotopic (exact) mass is 447 g/mol. The van der Waals surface area contributed by atoms with Crippen LogP contribution in [-0.2, 0) is 27.2 Å². The molecule has 3 heterocycles. The van der Waals surface area contributed by atoms with Crippen LogP contribution in [0.15, 0.2) is 42.5 Å². The van der Waals surface area contributed by atoms with Crippen LogP contribution >= 0.6 is 0 Å². The molecule has 0 bridgehead atoms. The molecule has 6 heteroatoms. The Morgan fingerprint density at radius 1 is 1.12 bits per heavy atom. The molecule has 0 saturated carbocycles. The van der Waals surface area contributed by atoms with Crippen molar-refractivity contribution in [2.45, 2.75) is 57.8 Å². The van der Waals surface area contributed by atoms with Crippen LogP contribution in [0.5, 0.6) is 5.75 Å². The minimum absolute atomic E-state index is 0.0618. The molecule has 4 unspecified atom stereocenters. The topological polar surface area (TPSA) is 72.9 Å². The summed E-state index contributed by atoms with van der Waals surface area (Å²) >= 11 is 0. The van der Waals surface area contributed by atoms with Crippen LogP contribution in [0.2, 0.25) is 0 Å². The fourth-order valence-corrected chi connectivity index (χ4v) is 5.27. The van der Waals surface area contributed by atoms with Gasteiger partial charge in [0.05, 0.1) is 12.1 Å². The Balaban J connectivity index is 1.51. The number of ether oxygens (including phenoxy) is 2. The second-order valence-corrected chi connectivity index (χ2v) is 9.29. The molecule has 172 valence electrons. The Hall–Kier alpha value is -2.99. The predicted octanol–water partition coefficient (Wildman–Crippen LogP) is 3.70. The number of amides is 1. The van der Waals surface area contributed by atoms with Crippen LogP contribution in [0.25, 0.3) is 0 Å². The molecule has 33 heavy (non-hydrogen) atoms. The number of carbonyl (C=O) groups is 3. The molecule has 0 aliphatic carbocycles. The van der Waals surface area contributed by atoms with Crippen molar-refractivity contribution < 1.29 is 23.9 Å². The molecule has 2 aromatic rings. The Bertz CT molecular complexity index is 1090. The average molecular weight is 448 g/mol. The van der Waals surface area contributed by atoms with Crippen LogP contribution < -0.4 is 4.74 Å². The zero-order valence-electron chi connectivity index (χ0n) is 19.1. The van der Waals surface area contributed by atoms with E-state index in [4.69, 9.17) is 9.47 Å². The van der Waals surface area contributed by atoms with E-state index in [0.717, 1.165) is 48.1 Å². The number of carbonyl (C=O) groups excluding carboxylic acids is 3. The molecule has 3 aliphatic rings. The Morgan fingerprint density at radius 3 is 2.61 bits per heavy atom. The first-order valence-corrected chi connectivity index (χ1v) is 11.8. The fraction of sp³-hybridized carbons (Fsp3) is 0.444. The van der Waals surface area contributed by atoms with Crippen molar-refractivity contribution in [2.75, 3.05) is 13.2 Å². The van der Waals surface area contributed by atoms with Gasteiger partial charge in [-0.25, -0.2) is 0 Å². The first-order chi connectivity index (χ1) is 16.0. The second kappa shape index (κ2) is 8.75. The van der Waals surface area contributed by atoms with E-state index in [-0.39, 0.29) is 18.0 Å². The highest BCUT2D eigenvalue weighted by molar-refractivity contribution is 6.44. The third kappa shape index (κ3) is 3.97. The maximum Gasteiger partial charge on any atom is 0.291 e. The van der Waals surface area contributed by atoms with E-state index in [2.05, 4.69) is 6.92 Å². The molecule has 4 atom stereocenters. The van der Waals surface area contributed by atoms with Gasteiger partial charge in [0.15, 0.2) is 5.78 Å². The van der Waals surface area contributed by atoms with Crippen molar-refractivity contribution in [3.05, 3.63) is 64.7 Å². The number of benzene rings is 2. The average Bonchev–Trinajstić information content (AvgIpc) is 3.53. The third-order valence-corrected chi connectivity index (χ3v) is 7.02. The number of hydrogen-bond acceptors (Lipinski definition) is 5. The molecule has 0 spiro atoms. The number of hydrogen-bond donors (Lipinski definition) is 0. The molecular formula is C27H29NO5. The van der Waals surface area contributed by atoms with Gasteiger partial charge in [-0.1, -0.05) is 31.2 Å². The van der Waals surface area contributed by atoms with Gasteiger partial charge in [-0.05, 0) is 61.1 Å². The van der Waals surface area contributed by atoms with Crippen molar-refractivity contribution in [1.82, 2.24) is 4.90 Å². The predicted molar refractivity (Wildman–Crippen MR) is 122 cm³/mol. The highest BCUT2D eigenvalue weighted by Gasteiger charge is 2.52. The molecule has 2 fully saturated rings. The van der Waals surface area contributed by atoms with Crippen molar-refractivity contribution in [1.29, 1.82) is 0 Å². The van der Waals surface area contributed by atoms with Gasteiger partial charge in [-0.2, -0.15) is 0 Å². The van der Waals surface area contributed by atoms with Crippen LogP contribution in [0.4, 0.5) is 0 Å². The number of fused-ring (bicyclic) bond motifs is 1. The Morgan fingerprint density at radius 2 is 1.91 bits per heavy atom. The Kier molecular flexibility index (Phi) is 5.79. The van der Waals surface area contributed by atoms with Crippen molar-refractivity contribution in [2.24, 2.45) is 5.92 Å². The summed E-state index contributed by atoms with van der Waals surface area (Å²) in [5.41, 5.74) is 3.38. The van der Waals surface area contributed by atoms with Gasteiger partial charge in [-0.3, -0.25) is 14.4 Å². The summed E-state index contributed by atoms with van der Waals surface area (Å²) in [4.78, 5) is 41.6. The zero-order valence-corrected chi connectivity index (χ0v) is 19.1. The lowest BCUT2D eigenvalue weighted by Gasteiger charge is -2.29. The maximum atomic E-state index is 13.7. The molecule has 6 nitrogen and oxygen atoms in total. The van der Waals surface area contributed by atoms with Crippen molar-refractivity contribution in [3.63, 3.8) is 0 Å². The van der Waals surface area contributed by atoms with E-state index in [9.17, 15) is 14.4 Å². The molecular weight excluding hydrogens is 418 g/mol. The second-order valence-electron chi connectivity index (χ2n) is 9.29. The minimum atomic E-state index is -1.07. The lowest BCUT2D eigenvalue weighted by Crippen LogP contribution is -2.37. The highest BCUT2D eigenvalue weighted by Crippen LogP contribution is 2.40. The van der Waals surface area contributed by atoms with E-state index in [1.807, 2.05) is 37.3 Å². The van der Waals surface area contributed by atoms with Gasteiger partial charge >= 0.3 is 0 Å². The molecule has 2 aromatic carbocycles. The number of aryl methyl sites for hydroxylation is 1. The normalized spacial score (nSPS) is 26.5. The Labute approximate surface area is 193 Å². The van der Waals surface area contributed by atoms with Crippen LogP contribution in [-0.4, -0.2) is 47.7 Å². The fourth-order valence-electron chi connectivity index (χ4n) is 5.27. The van der Waals surface area contributed by atoms with Gasteiger partial charge < -0.3 is 14.4 Å². The molecule has 5 rings (SSSR count). The van der Waals surface area contributed by atoms with Gasteiger partial charge in [-0.15, -0.1) is 0 Å². The zero-order chi connectivity index (χ0) is 23.1. The summed E-state index contributed by atoms with van der Waals surface area (Å²) in [7, 11) is 0. The van der Waals surface area contributed by atoms with Gasteiger partial charge in [0.25, 0.3) is 5.91 Å². The number of Topliss-reactive ketones (excluding diaryl/α,β-unsaturated/α-hetero) is 2. The smallest absolute Gasteiger partial charge is 0.291 e. The standard InChI is InChI=1S/C27H29NO5/c1-3-17-6-8-18(9-7-17)24-23(26(30)27(31)28(24)15-21-5-4-12-32-21)25(29)19-10-11-22-20(14-19)13-16(2)33-22/h6-11,14,16,21,23-24H,3-5,12-13,15H2,1-2H3. The summed E-state index contributed by atoms with van der Waals surface area (Å²) < 4.78 is 11.5. The lowest BCUT2D eigenvalue weighted by molar-refractivity contribution is -0.141. The van der Waals surface area contributed by atoms with Crippen molar-refractivity contribution in [3.8, 4) is 5.75 Å². The number of ketones is 2. The summed E-state index contributed by atoms with van der Waals surface area (Å²) in [6.45, 7) is 5.05. The van der Waals surface area contributed by atoms with Gasteiger partial charge in [0, 0.05) is 25.1 Å². The van der Waals surface area contributed by atoms with Gasteiger partial charge in [0.1, 0.15) is 17.8 Å². The quantitative estimate of drug-likeness (QED) is 0.384. The van der Waals surface area contributed by atoms with Crippen LogP contribution in [0, 0.1) is 5.92 Å². The molecule has 0 aromatic heterocycles. The molecule has 2 saturated heterocycles. The number of likely N-dealkylation sites (tertiary alicyclic amines) is 1. The summed E-state index contributed by atoms with van der Waals surface area (Å²) in [6.07, 6.45) is 3.36. The first kappa shape index (κ1) is 21.8. The highest BCUT2D eigenvalue weighted by atomic mass is 16.5. The molecule has 1 amide bonds.